The van der Waals surface area contributed by atoms with E-state index in [0.29, 0.717) is 4.90 Å². The second kappa shape index (κ2) is 11.8. The lowest BCUT2D eigenvalue weighted by Crippen LogP contribution is -2.59. The molecule has 1 fully saturated rings. The average Bonchev–Trinajstić information content (AvgIpc) is 2.68. The molecule has 1 aliphatic rings. The van der Waals surface area contributed by atoms with Crippen LogP contribution in [-0.2, 0) is 33.3 Å². The van der Waals surface area contributed by atoms with E-state index in [0.717, 1.165) is 25.6 Å². The lowest BCUT2D eigenvalue weighted by atomic mass is 9.97. The van der Waals surface area contributed by atoms with Crippen LogP contribution in [0.5, 0.6) is 0 Å². The second-order valence-electron chi connectivity index (χ2n) is 6.51. The number of halogens is 3. The van der Waals surface area contributed by atoms with E-state index in [1.54, 1.807) is 0 Å². The molecular formula is C18H18Cl3N3O7S. The highest BCUT2D eigenvalue weighted by Crippen LogP contribution is 2.41. The maximum absolute atomic E-state index is 11.8. The van der Waals surface area contributed by atoms with Gasteiger partial charge in [0.05, 0.1) is 15.1 Å². The van der Waals surface area contributed by atoms with Crippen LogP contribution in [0.15, 0.2) is 22.1 Å². The van der Waals surface area contributed by atoms with Crippen LogP contribution in [0.2, 0.25) is 15.1 Å². The van der Waals surface area contributed by atoms with Crippen molar-refractivity contribution >= 4 is 64.5 Å². The molecule has 0 N–H and O–H groups in total. The SMILES string of the molecule is CC(=O)OCC1O[C@H](Sc2cc(Cl)c(Cl)c(Cl)c2)[C@@H](OC(C)=O)C(N=[N+]=[N-])[C@H]1OC(C)=O. The maximum atomic E-state index is 11.8. The average molecular weight is 527 g/mol. The summed E-state index contributed by atoms with van der Waals surface area (Å²) < 4.78 is 21.7. The van der Waals surface area contributed by atoms with Crippen molar-refractivity contribution < 1.29 is 33.3 Å². The van der Waals surface area contributed by atoms with E-state index < -0.39 is 47.7 Å². The highest BCUT2D eigenvalue weighted by Gasteiger charge is 2.50. The van der Waals surface area contributed by atoms with Crippen molar-refractivity contribution in [2.75, 3.05) is 6.61 Å². The summed E-state index contributed by atoms with van der Waals surface area (Å²) in [6, 6.07) is 1.87. The maximum Gasteiger partial charge on any atom is 0.303 e. The minimum atomic E-state index is -1.19. The number of ether oxygens (including phenoxy) is 4. The third-order valence-corrected chi connectivity index (χ3v) is 6.38. The van der Waals surface area contributed by atoms with Gasteiger partial charge in [-0.05, 0) is 17.7 Å². The first-order chi connectivity index (χ1) is 15.0. The minimum absolute atomic E-state index is 0.161. The Morgan fingerprint density at radius 1 is 1.06 bits per heavy atom. The van der Waals surface area contributed by atoms with Gasteiger partial charge in [0.2, 0.25) is 0 Å². The summed E-state index contributed by atoms with van der Waals surface area (Å²) in [5.41, 5.74) is 8.12. The molecule has 0 amide bonds. The minimum Gasteiger partial charge on any atom is -0.463 e. The van der Waals surface area contributed by atoms with Gasteiger partial charge < -0.3 is 18.9 Å². The van der Waals surface area contributed by atoms with Gasteiger partial charge in [-0.3, -0.25) is 14.4 Å². The second-order valence-corrected chi connectivity index (χ2v) is 8.87. The van der Waals surface area contributed by atoms with Crippen molar-refractivity contribution in [3.8, 4) is 0 Å². The van der Waals surface area contributed by atoms with Crippen molar-refractivity contribution in [1.82, 2.24) is 0 Å². The Morgan fingerprint density at radius 2 is 1.62 bits per heavy atom. The molecule has 1 saturated heterocycles. The Kier molecular flexibility index (Phi) is 9.75. The number of rotatable bonds is 7. The summed E-state index contributed by atoms with van der Waals surface area (Å²) in [4.78, 5) is 38.1. The number of esters is 3. The van der Waals surface area contributed by atoms with E-state index in [2.05, 4.69) is 10.0 Å². The van der Waals surface area contributed by atoms with Crippen LogP contribution >= 0.6 is 46.6 Å². The van der Waals surface area contributed by atoms with E-state index in [1.807, 2.05) is 0 Å². The fourth-order valence-corrected chi connectivity index (χ4v) is 4.82. The summed E-state index contributed by atoms with van der Waals surface area (Å²) in [5, 5.41) is 4.22. The van der Waals surface area contributed by atoms with Crippen LogP contribution in [0.4, 0.5) is 0 Å². The van der Waals surface area contributed by atoms with E-state index in [-0.39, 0.29) is 21.7 Å². The summed E-state index contributed by atoms with van der Waals surface area (Å²) in [7, 11) is 0. The van der Waals surface area contributed by atoms with Crippen molar-refractivity contribution in [3.05, 3.63) is 37.6 Å². The summed E-state index contributed by atoms with van der Waals surface area (Å²) in [5.74, 6) is -1.99. The number of benzene rings is 1. The largest absolute Gasteiger partial charge is 0.463 e. The normalized spacial score (nSPS) is 24.8. The first-order valence-corrected chi connectivity index (χ1v) is 11.0. The van der Waals surface area contributed by atoms with Crippen LogP contribution < -0.4 is 0 Å². The van der Waals surface area contributed by atoms with Gasteiger partial charge in [-0.2, -0.15) is 0 Å². The van der Waals surface area contributed by atoms with Crippen molar-refractivity contribution in [1.29, 1.82) is 0 Å². The molecule has 0 saturated carbocycles. The topological polar surface area (TPSA) is 137 Å². The predicted octanol–water partition coefficient (Wildman–Crippen LogP) is 4.57. The summed E-state index contributed by atoms with van der Waals surface area (Å²) >= 11 is 19.2. The number of nitrogens with zero attached hydrogens (tertiary/aromatic N) is 3. The zero-order valence-electron chi connectivity index (χ0n) is 17.0. The molecule has 1 aromatic rings. The van der Waals surface area contributed by atoms with E-state index in [4.69, 9.17) is 59.3 Å². The van der Waals surface area contributed by atoms with Gasteiger partial charge in [-0.1, -0.05) is 51.7 Å². The van der Waals surface area contributed by atoms with Crippen LogP contribution in [0.3, 0.4) is 0 Å². The zero-order chi connectivity index (χ0) is 24.0. The molecule has 32 heavy (non-hydrogen) atoms. The number of thioether (sulfide) groups is 1. The molecule has 5 atom stereocenters. The molecule has 10 nitrogen and oxygen atoms in total. The fourth-order valence-electron chi connectivity index (χ4n) is 2.90. The lowest BCUT2D eigenvalue weighted by Gasteiger charge is -2.43. The van der Waals surface area contributed by atoms with Crippen molar-refractivity contribution in [2.45, 2.75) is 55.5 Å². The van der Waals surface area contributed by atoms with E-state index in [9.17, 15) is 14.4 Å². The molecular weight excluding hydrogens is 509 g/mol. The molecule has 0 aliphatic carbocycles. The van der Waals surface area contributed by atoms with Crippen LogP contribution in [0.25, 0.3) is 10.4 Å². The third-order valence-electron chi connectivity index (χ3n) is 4.07. The van der Waals surface area contributed by atoms with Crippen LogP contribution in [-0.4, -0.2) is 54.3 Å². The zero-order valence-corrected chi connectivity index (χ0v) is 20.1. The van der Waals surface area contributed by atoms with Gasteiger partial charge in [0.15, 0.2) is 0 Å². The number of hydrogen-bond acceptors (Lipinski definition) is 9. The molecule has 0 spiro atoms. The van der Waals surface area contributed by atoms with Crippen LogP contribution in [0.1, 0.15) is 20.8 Å². The number of carbonyl (C=O) groups excluding carboxylic acids is 3. The number of carbonyl (C=O) groups is 3. The summed E-state index contributed by atoms with van der Waals surface area (Å²) in [6.45, 7) is 3.20. The molecule has 1 heterocycles. The predicted molar refractivity (Wildman–Crippen MR) is 117 cm³/mol. The first kappa shape index (κ1) is 26.4. The Morgan fingerprint density at radius 3 is 2.12 bits per heavy atom. The molecule has 0 aromatic heterocycles. The van der Waals surface area contributed by atoms with Gasteiger partial charge in [-0.15, -0.1) is 0 Å². The Labute approximate surface area is 202 Å². The highest BCUT2D eigenvalue weighted by atomic mass is 35.5. The van der Waals surface area contributed by atoms with Gasteiger partial charge in [-0.25, -0.2) is 0 Å². The van der Waals surface area contributed by atoms with Gasteiger partial charge in [0.1, 0.15) is 36.4 Å². The molecule has 0 radical (unpaired) electrons. The van der Waals surface area contributed by atoms with Gasteiger partial charge in [0, 0.05) is 30.6 Å². The fraction of sp³-hybridized carbons (Fsp3) is 0.500. The molecule has 174 valence electrons. The molecule has 2 unspecified atom stereocenters. The molecule has 1 aliphatic heterocycles. The van der Waals surface area contributed by atoms with Crippen LogP contribution in [0, 0.1) is 0 Å². The Hall–Kier alpha value is -1.88. The summed E-state index contributed by atoms with van der Waals surface area (Å²) in [6.07, 6.45) is -3.39. The highest BCUT2D eigenvalue weighted by molar-refractivity contribution is 7.99. The monoisotopic (exact) mass is 525 g/mol. The van der Waals surface area contributed by atoms with Crippen molar-refractivity contribution in [2.24, 2.45) is 5.11 Å². The van der Waals surface area contributed by atoms with Gasteiger partial charge in [0.25, 0.3) is 0 Å². The lowest BCUT2D eigenvalue weighted by molar-refractivity contribution is -0.201. The number of hydrogen-bond donors (Lipinski definition) is 0. The Bertz CT molecular complexity index is 921. The standard InChI is InChI=1S/C18H18Cl3N3O7S/c1-7(25)28-6-13-16(29-8(2)26)15(23-24-22)17(30-9(3)27)18(31-13)32-10-4-11(19)14(21)12(20)5-10/h4-5,13,15-18H,6H2,1-3H3/t13?,15?,16-,17-,18+/m0/s1. The number of azide groups is 1. The molecule has 0 bridgehead atoms. The quantitative estimate of drug-likeness (QED) is 0.126. The Balaban J connectivity index is 2.48. The van der Waals surface area contributed by atoms with E-state index in [1.165, 1.54) is 19.1 Å². The molecule has 2 rings (SSSR count). The smallest absolute Gasteiger partial charge is 0.303 e. The van der Waals surface area contributed by atoms with Gasteiger partial charge >= 0.3 is 17.9 Å². The molecule has 14 heteroatoms. The third kappa shape index (κ3) is 7.06. The molecule has 1 aromatic carbocycles. The van der Waals surface area contributed by atoms with Crippen molar-refractivity contribution in [3.63, 3.8) is 0 Å². The van der Waals surface area contributed by atoms with E-state index >= 15 is 0 Å². The first-order valence-electron chi connectivity index (χ1n) is 9.02.